The highest BCUT2D eigenvalue weighted by Gasteiger charge is 2.22. The molecule has 1 aromatic carbocycles. The fourth-order valence-electron chi connectivity index (χ4n) is 4.18. The summed E-state index contributed by atoms with van der Waals surface area (Å²) in [5, 5.41) is 15.2. The van der Waals surface area contributed by atoms with Gasteiger partial charge in [0, 0.05) is 49.2 Å². The molecule has 8 heteroatoms. The number of carbonyl (C=O) groups is 1. The molecule has 1 fully saturated rings. The number of amides is 1. The number of pyridine rings is 1. The quantitative estimate of drug-likeness (QED) is 0.568. The van der Waals surface area contributed by atoms with Gasteiger partial charge in [0.05, 0.1) is 25.1 Å². The van der Waals surface area contributed by atoms with Crippen molar-refractivity contribution < 1.29 is 13.9 Å². The Hall–Kier alpha value is -3.23. The number of benzene rings is 1. The Morgan fingerprint density at radius 3 is 2.94 bits per heavy atom. The van der Waals surface area contributed by atoms with E-state index in [1.165, 1.54) is 0 Å². The first-order chi connectivity index (χ1) is 15.2. The highest BCUT2D eigenvalue weighted by Crippen LogP contribution is 2.34. The summed E-state index contributed by atoms with van der Waals surface area (Å²) >= 11 is 0. The monoisotopic (exact) mass is 419 g/mol. The first kappa shape index (κ1) is 19.7. The molecule has 3 N–H and O–H groups in total. The fraction of sp³-hybridized carbons (Fsp3) is 0.348. The van der Waals surface area contributed by atoms with E-state index in [0.29, 0.717) is 23.5 Å². The Bertz CT molecular complexity index is 1130. The van der Waals surface area contributed by atoms with Crippen molar-refractivity contribution in [3.63, 3.8) is 0 Å². The van der Waals surface area contributed by atoms with Crippen LogP contribution < -0.4 is 10.6 Å². The molecular formula is C23H25N5O3. The minimum absolute atomic E-state index is 0.248. The largest absolute Gasteiger partial charge is 0.447 e. The van der Waals surface area contributed by atoms with Crippen LogP contribution in [0.15, 0.2) is 41.1 Å². The molecule has 2 aliphatic rings. The van der Waals surface area contributed by atoms with Crippen LogP contribution in [0.5, 0.6) is 0 Å². The van der Waals surface area contributed by atoms with Crippen LogP contribution in [0.2, 0.25) is 0 Å². The van der Waals surface area contributed by atoms with Crippen molar-refractivity contribution >= 4 is 34.0 Å². The zero-order valence-corrected chi connectivity index (χ0v) is 17.2. The highest BCUT2D eigenvalue weighted by molar-refractivity contribution is 6.07. The summed E-state index contributed by atoms with van der Waals surface area (Å²) in [5.74, 6) is -0.00637. The fourth-order valence-corrected chi connectivity index (χ4v) is 4.18. The minimum atomic E-state index is -0.255. The molecule has 0 spiro atoms. The molecule has 5 rings (SSSR count). The predicted octanol–water partition coefficient (Wildman–Crippen LogP) is 2.95. The maximum absolute atomic E-state index is 13.0. The molecule has 0 saturated carbocycles. The molecule has 1 aliphatic heterocycles. The van der Waals surface area contributed by atoms with Crippen molar-refractivity contribution in [2.24, 2.45) is 0 Å². The van der Waals surface area contributed by atoms with Crippen LogP contribution in [0.4, 0.5) is 11.4 Å². The molecule has 0 atom stereocenters. The lowest BCUT2D eigenvalue weighted by Gasteiger charge is -2.26. The van der Waals surface area contributed by atoms with Gasteiger partial charge in [0.2, 0.25) is 5.76 Å². The number of aromatic nitrogens is 1. The third-order valence-electron chi connectivity index (χ3n) is 5.86. The lowest BCUT2D eigenvalue weighted by Crippen LogP contribution is -2.41. The van der Waals surface area contributed by atoms with E-state index in [9.17, 15) is 4.79 Å². The number of morpholine rings is 1. The Morgan fingerprint density at radius 2 is 2.06 bits per heavy atom. The Kier molecular flexibility index (Phi) is 5.40. The summed E-state index contributed by atoms with van der Waals surface area (Å²) in [4.78, 5) is 19.3. The van der Waals surface area contributed by atoms with Crippen molar-refractivity contribution in [3.05, 3.63) is 53.5 Å². The summed E-state index contributed by atoms with van der Waals surface area (Å²) in [6, 6.07) is 7.81. The number of nitrogens with zero attached hydrogens (tertiary/aromatic N) is 2. The zero-order valence-electron chi connectivity index (χ0n) is 17.2. The summed E-state index contributed by atoms with van der Waals surface area (Å²) in [7, 11) is 0. The van der Waals surface area contributed by atoms with Gasteiger partial charge in [-0.15, -0.1) is 0 Å². The average molecular weight is 419 g/mol. The zero-order chi connectivity index (χ0) is 21.2. The number of ether oxygens (including phenoxy) is 1. The van der Waals surface area contributed by atoms with E-state index >= 15 is 0 Å². The molecule has 3 aromatic rings. The van der Waals surface area contributed by atoms with Gasteiger partial charge in [-0.3, -0.25) is 14.7 Å². The molecular weight excluding hydrogens is 394 g/mol. The van der Waals surface area contributed by atoms with Gasteiger partial charge in [-0.1, -0.05) is 6.07 Å². The van der Waals surface area contributed by atoms with Crippen LogP contribution in [0.3, 0.4) is 0 Å². The maximum Gasteiger partial charge on any atom is 0.289 e. The van der Waals surface area contributed by atoms with E-state index in [4.69, 9.17) is 14.6 Å². The van der Waals surface area contributed by atoms with E-state index in [1.807, 2.05) is 18.2 Å². The van der Waals surface area contributed by atoms with Gasteiger partial charge < -0.3 is 25.2 Å². The Labute approximate surface area is 180 Å². The van der Waals surface area contributed by atoms with Gasteiger partial charge in [0.1, 0.15) is 0 Å². The summed E-state index contributed by atoms with van der Waals surface area (Å²) < 4.78 is 11.2. The second-order valence-electron chi connectivity index (χ2n) is 7.86. The molecule has 1 amide bonds. The molecule has 0 radical (unpaired) electrons. The van der Waals surface area contributed by atoms with E-state index in [0.717, 1.165) is 67.9 Å². The van der Waals surface area contributed by atoms with Crippen LogP contribution in [0, 0.1) is 5.41 Å². The third kappa shape index (κ3) is 4.04. The topological polar surface area (TPSA) is 103 Å². The number of carbonyl (C=O) groups excluding carboxylic acids is 1. The number of nitrogens with one attached hydrogen (secondary N) is 3. The number of hydrogen-bond donors (Lipinski definition) is 3. The second-order valence-corrected chi connectivity index (χ2v) is 7.86. The van der Waals surface area contributed by atoms with Gasteiger partial charge in [-0.05, 0) is 42.2 Å². The van der Waals surface area contributed by atoms with E-state index in [2.05, 4.69) is 26.6 Å². The molecule has 3 heterocycles. The molecule has 31 heavy (non-hydrogen) atoms. The molecule has 0 bridgehead atoms. The number of fused-ring (bicyclic) bond motifs is 2. The highest BCUT2D eigenvalue weighted by atomic mass is 16.5. The van der Waals surface area contributed by atoms with E-state index in [1.54, 1.807) is 12.4 Å². The van der Waals surface area contributed by atoms with Crippen LogP contribution in [0.25, 0.3) is 11.0 Å². The number of aryl methyl sites for hydroxylation is 1. The minimum Gasteiger partial charge on any atom is -0.447 e. The lowest BCUT2D eigenvalue weighted by atomic mass is 10.1. The Morgan fingerprint density at radius 1 is 1.19 bits per heavy atom. The van der Waals surface area contributed by atoms with Crippen molar-refractivity contribution in [2.45, 2.75) is 12.8 Å². The number of rotatable bonds is 6. The molecule has 1 saturated heterocycles. The smallest absolute Gasteiger partial charge is 0.289 e. The van der Waals surface area contributed by atoms with Gasteiger partial charge >= 0.3 is 0 Å². The summed E-state index contributed by atoms with van der Waals surface area (Å²) in [6.07, 6.45) is 4.95. The van der Waals surface area contributed by atoms with E-state index in [-0.39, 0.29) is 11.7 Å². The molecule has 160 valence electrons. The number of furan rings is 1. The average Bonchev–Trinajstić information content (AvgIpc) is 3.35. The molecule has 0 unspecified atom stereocenters. The van der Waals surface area contributed by atoms with Crippen LogP contribution in [-0.4, -0.2) is 60.9 Å². The normalized spacial score (nSPS) is 16.5. The lowest BCUT2D eigenvalue weighted by molar-refractivity contribution is 0.0382. The summed E-state index contributed by atoms with van der Waals surface area (Å²) in [6.45, 7) is 4.55. The summed E-state index contributed by atoms with van der Waals surface area (Å²) in [5.41, 5.74) is 4.91. The standard InChI is InChI=1S/C23H25N5O3/c24-19-4-1-15-13-16(2-3-17(15)19)27-21-18-5-6-25-14-20(18)31-22(21)23(29)26-7-8-28-9-11-30-12-10-28/h2-3,5-6,13-14,24,27H,1,4,7-12H2,(H,26,29). The van der Waals surface area contributed by atoms with Crippen molar-refractivity contribution in [2.75, 3.05) is 44.7 Å². The first-order valence-corrected chi connectivity index (χ1v) is 10.6. The maximum atomic E-state index is 13.0. The van der Waals surface area contributed by atoms with Crippen molar-refractivity contribution in [1.82, 2.24) is 15.2 Å². The second kappa shape index (κ2) is 8.49. The van der Waals surface area contributed by atoms with E-state index < -0.39 is 0 Å². The molecule has 8 nitrogen and oxygen atoms in total. The van der Waals surface area contributed by atoms with Crippen LogP contribution in [0.1, 0.15) is 28.1 Å². The molecule has 1 aliphatic carbocycles. The Balaban J connectivity index is 1.36. The van der Waals surface area contributed by atoms with Crippen LogP contribution >= 0.6 is 0 Å². The third-order valence-corrected chi connectivity index (χ3v) is 5.86. The van der Waals surface area contributed by atoms with Gasteiger partial charge in [-0.25, -0.2) is 0 Å². The molecule has 2 aromatic heterocycles. The number of hydrogen-bond acceptors (Lipinski definition) is 7. The predicted molar refractivity (Wildman–Crippen MR) is 118 cm³/mol. The number of anilines is 2. The van der Waals surface area contributed by atoms with Crippen LogP contribution in [-0.2, 0) is 11.2 Å². The first-order valence-electron chi connectivity index (χ1n) is 10.6. The SMILES string of the molecule is N=C1CCc2cc(Nc3c(C(=O)NCCN4CCOCC4)oc4cnccc34)ccc21. The van der Waals surface area contributed by atoms with Gasteiger partial charge in [-0.2, -0.15) is 0 Å². The van der Waals surface area contributed by atoms with Crippen molar-refractivity contribution in [1.29, 1.82) is 5.41 Å². The van der Waals surface area contributed by atoms with Crippen molar-refractivity contribution in [3.8, 4) is 0 Å². The van der Waals surface area contributed by atoms with Gasteiger partial charge in [0.15, 0.2) is 5.58 Å². The van der Waals surface area contributed by atoms with Gasteiger partial charge in [0.25, 0.3) is 5.91 Å².